The Hall–Kier alpha value is -0.0800. The molecule has 2 nitrogen and oxygen atoms in total. The van der Waals surface area contributed by atoms with E-state index in [0.29, 0.717) is 6.04 Å². The predicted molar refractivity (Wildman–Crippen MR) is 44.4 cm³/mol. The van der Waals surface area contributed by atoms with Crippen molar-refractivity contribution in [3.8, 4) is 0 Å². The molecule has 11 heavy (non-hydrogen) atoms. The summed E-state index contributed by atoms with van der Waals surface area (Å²) in [5.74, 6) is 0. The highest BCUT2D eigenvalue weighted by Gasteiger charge is 2.34. The average molecular weight is 155 g/mol. The largest absolute Gasteiger partial charge is 0.393 e. The summed E-state index contributed by atoms with van der Waals surface area (Å²) in [6.07, 6.45) is 5.87. The molecule has 0 aromatic rings. The third-order valence-electron chi connectivity index (χ3n) is 3.36. The Bertz CT molecular complexity index is 148. The molecule has 0 saturated carbocycles. The molecule has 2 bridgehead atoms. The minimum atomic E-state index is -0.0206. The van der Waals surface area contributed by atoms with Crippen molar-refractivity contribution < 1.29 is 5.11 Å². The third-order valence-corrected chi connectivity index (χ3v) is 3.36. The van der Waals surface area contributed by atoms with Gasteiger partial charge in [0.1, 0.15) is 0 Å². The monoisotopic (exact) mass is 155 g/mol. The molecule has 2 heteroatoms. The second-order valence-electron chi connectivity index (χ2n) is 4.02. The van der Waals surface area contributed by atoms with E-state index < -0.39 is 0 Å². The van der Waals surface area contributed by atoms with Crippen LogP contribution in [-0.4, -0.2) is 35.2 Å². The maximum Gasteiger partial charge on any atom is 0.0555 e. The normalized spacial score (nSPS) is 45.8. The lowest BCUT2D eigenvalue weighted by atomic mass is 9.99. The zero-order valence-corrected chi connectivity index (χ0v) is 7.16. The molecule has 0 aromatic carbocycles. The lowest BCUT2D eigenvalue weighted by Gasteiger charge is -2.22. The molecule has 2 aliphatic rings. The molecule has 0 aliphatic carbocycles. The molecule has 2 rings (SSSR count). The van der Waals surface area contributed by atoms with Crippen LogP contribution in [0.4, 0.5) is 0 Å². The highest BCUT2D eigenvalue weighted by atomic mass is 16.3. The van der Waals surface area contributed by atoms with Crippen LogP contribution in [0.3, 0.4) is 0 Å². The van der Waals surface area contributed by atoms with Crippen LogP contribution in [0.2, 0.25) is 0 Å². The predicted octanol–water partition coefficient (Wildman–Crippen LogP) is 0.994. The Kier molecular flexibility index (Phi) is 1.90. The van der Waals surface area contributed by atoms with E-state index in [9.17, 15) is 5.11 Å². The first-order chi connectivity index (χ1) is 5.27. The van der Waals surface area contributed by atoms with Gasteiger partial charge in [-0.15, -0.1) is 0 Å². The number of fused-ring (bicyclic) bond motifs is 2. The summed E-state index contributed by atoms with van der Waals surface area (Å²) in [4.78, 5) is 2.47. The molecule has 0 radical (unpaired) electrons. The highest BCUT2D eigenvalue weighted by Crippen LogP contribution is 2.32. The van der Waals surface area contributed by atoms with E-state index in [1.807, 2.05) is 0 Å². The summed E-state index contributed by atoms with van der Waals surface area (Å²) in [6.45, 7) is 0. The summed E-state index contributed by atoms with van der Waals surface area (Å²) in [5.41, 5.74) is 0. The van der Waals surface area contributed by atoms with Crippen LogP contribution in [0.1, 0.15) is 32.1 Å². The zero-order valence-electron chi connectivity index (χ0n) is 7.16. The van der Waals surface area contributed by atoms with E-state index in [-0.39, 0.29) is 6.10 Å². The molecule has 1 N–H and O–H groups in total. The van der Waals surface area contributed by atoms with Crippen molar-refractivity contribution in [1.82, 2.24) is 4.90 Å². The lowest BCUT2D eigenvalue weighted by Crippen LogP contribution is -2.30. The Morgan fingerprint density at radius 2 is 1.73 bits per heavy atom. The quantitative estimate of drug-likeness (QED) is 0.564. The van der Waals surface area contributed by atoms with Crippen molar-refractivity contribution in [1.29, 1.82) is 0 Å². The number of aliphatic hydroxyl groups excluding tert-OH is 1. The van der Waals surface area contributed by atoms with Crippen LogP contribution >= 0.6 is 0 Å². The van der Waals surface area contributed by atoms with E-state index in [4.69, 9.17) is 0 Å². The first-order valence-electron chi connectivity index (χ1n) is 4.67. The molecule has 3 atom stereocenters. The van der Waals surface area contributed by atoms with Crippen LogP contribution in [0.15, 0.2) is 0 Å². The van der Waals surface area contributed by atoms with Gasteiger partial charge in [-0.05, 0) is 39.2 Å². The average Bonchev–Trinajstić information content (AvgIpc) is 2.20. The van der Waals surface area contributed by atoms with Gasteiger partial charge in [0.2, 0.25) is 0 Å². The maximum atomic E-state index is 9.50. The van der Waals surface area contributed by atoms with E-state index in [2.05, 4.69) is 11.9 Å². The molecule has 2 aliphatic heterocycles. The molecule has 2 saturated heterocycles. The molecular formula is C9H17NO. The van der Waals surface area contributed by atoms with Crippen LogP contribution in [0, 0.1) is 0 Å². The van der Waals surface area contributed by atoms with Gasteiger partial charge in [0.25, 0.3) is 0 Å². The summed E-state index contributed by atoms with van der Waals surface area (Å²) in [7, 11) is 2.21. The molecule has 64 valence electrons. The van der Waals surface area contributed by atoms with Crippen LogP contribution in [0.25, 0.3) is 0 Å². The minimum absolute atomic E-state index is 0.0206. The van der Waals surface area contributed by atoms with E-state index in [1.165, 1.54) is 19.3 Å². The number of hydrogen-bond donors (Lipinski definition) is 1. The Morgan fingerprint density at radius 1 is 1.09 bits per heavy atom. The number of aliphatic hydroxyl groups is 1. The Labute approximate surface area is 68.2 Å². The standard InChI is InChI=1S/C9H17NO/c1-10-7-2-3-8(10)6-9(11)5-4-7/h7-9,11H,2-6H2,1H3. The van der Waals surface area contributed by atoms with Crippen molar-refractivity contribution in [3.63, 3.8) is 0 Å². The van der Waals surface area contributed by atoms with Gasteiger partial charge in [-0.3, -0.25) is 0 Å². The van der Waals surface area contributed by atoms with E-state index in [1.54, 1.807) is 0 Å². The molecular weight excluding hydrogens is 138 g/mol. The van der Waals surface area contributed by atoms with Crippen LogP contribution in [0.5, 0.6) is 0 Å². The van der Waals surface area contributed by atoms with Gasteiger partial charge in [0.05, 0.1) is 6.10 Å². The molecule has 2 fully saturated rings. The molecule has 0 spiro atoms. The minimum Gasteiger partial charge on any atom is -0.393 e. The third kappa shape index (κ3) is 1.30. The summed E-state index contributed by atoms with van der Waals surface area (Å²) in [5, 5.41) is 9.50. The summed E-state index contributed by atoms with van der Waals surface area (Å²) < 4.78 is 0. The Balaban J connectivity index is 2.07. The SMILES string of the molecule is CN1C2CCC(O)CC1CC2. The number of hydrogen-bond acceptors (Lipinski definition) is 2. The van der Waals surface area contributed by atoms with Gasteiger partial charge in [-0.2, -0.15) is 0 Å². The van der Waals surface area contributed by atoms with Crippen molar-refractivity contribution in [2.75, 3.05) is 7.05 Å². The fourth-order valence-electron chi connectivity index (χ4n) is 2.54. The topological polar surface area (TPSA) is 23.5 Å². The van der Waals surface area contributed by atoms with Crippen molar-refractivity contribution in [2.24, 2.45) is 0 Å². The molecule has 3 unspecified atom stereocenters. The first kappa shape index (κ1) is 7.56. The van der Waals surface area contributed by atoms with Gasteiger partial charge in [0.15, 0.2) is 0 Å². The van der Waals surface area contributed by atoms with Crippen molar-refractivity contribution in [2.45, 2.75) is 50.3 Å². The second-order valence-corrected chi connectivity index (χ2v) is 4.02. The second kappa shape index (κ2) is 2.76. The summed E-state index contributed by atoms with van der Waals surface area (Å²) >= 11 is 0. The van der Waals surface area contributed by atoms with Gasteiger partial charge in [0, 0.05) is 12.1 Å². The highest BCUT2D eigenvalue weighted by molar-refractivity contribution is 4.90. The maximum absolute atomic E-state index is 9.50. The van der Waals surface area contributed by atoms with Crippen LogP contribution in [-0.2, 0) is 0 Å². The number of rotatable bonds is 0. The molecule has 0 amide bonds. The number of nitrogens with zero attached hydrogens (tertiary/aromatic N) is 1. The van der Waals surface area contributed by atoms with Gasteiger partial charge in [-0.1, -0.05) is 0 Å². The van der Waals surface area contributed by atoms with Crippen molar-refractivity contribution in [3.05, 3.63) is 0 Å². The van der Waals surface area contributed by atoms with Gasteiger partial charge in [-0.25, -0.2) is 0 Å². The molecule has 0 aromatic heterocycles. The molecule has 2 heterocycles. The van der Waals surface area contributed by atoms with Gasteiger partial charge >= 0.3 is 0 Å². The Morgan fingerprint density at radius 3 is 2.55 bits per heavy atom. The first-order valence-corrected chi connectivity index (χ1v) is 4.67. The fourth-order valence-corrected chi connectivity index (χ4v) is 2.54. The lowest BCUT2D eigenvalue weighted by molar-refractivity contribution is 0.138. The van der Waals surface area contributed by atoms with E-state index in [0.717, 1.165) is 18.9 Å². The smallest absolute Gasteiger partial charge is 0.0555 e. The summed E-state index contributed by atoms with van der Waals surface area (Å²) in [6, 6.07) is 1.45. The van der Waals surface area contributed by atoms with E-state index >= 15 is 0 Å². The van der Waals surface area contributed by atoms with Crippen molar-refractivity contribution >= 4 is 0 Å². The van der Waals surface area contributed by atoms with Crippen LogP contribution < -0.4 is 0 Å². The zero-order chi connectivity index (χ0) is 7.84. The fraction of sp³-hybridized carbons (Fsp3) is 1.00. The van der Waals surface area contributed by atoms with Gasteiger partial charge < -0.3 is 10.0 Å².